The molecule has 0 heterocycles. The molecule has 4 aliphatic carbocycles. The van der Waals surface area contributed by atoms with E-state index in [1.165, 1.54) is 19.3 Å². The maximum absolute atomic E-state index is 15.1. The molecule has 152 valence electrons. The Balaban J connectivity index is 1.63. The molecule has 8 atom stereocenters. The van der Waals surface area contributed by atoms with Crippen molar-refractivity contribution >= 4 is 5.97 Å². The first-order valence-electron chi connectivity index (χ1n) is 11.0. The van der Waals surface area contributed by atoms with Crippen molar-refractivity contribution in [3.8, 4) is 0 Å². The smallest absolute Gasteiger partial charge is 0.334 e. The third-order valence-electron chi connectivity index (χ3n) is 9.68. The van der Waals surface area contributed by atoms with Crippen LogP contribution in [0.1, 0.15) is 72.1 Å². The second-order valence-electron chi connectivity index (χ2n) is 10.5. The molecule has 4 heteroatoms. The summed E-state index contributed by atoms with van der Waals surface area (Å²) in [5, 5.41) is 19.1. The van der Waals surface area contributed by atoms with E-state index in [0.717, 1.165) is 25.7 Å². The van der Waals surface area contributed by atoms with Crippen LogP contribution in [0.4, 0.5) is 4.39 Å². The van der Waals surface area contributed by atoms with Gasteiger partial charge in [0.15, 0.2) is 0 Å². The van der Waals surface area contributed by atoms with Gasteiger partial charge in [0, 0.05) is 12.5 Å². The van der Waals surface area contributed by atoms with Crippen LogP contribution in [0.15, 0.2) is 11.4 Å². The lowest BCUT2D eigenvalue weighted by atomic mass is 9.45. The summed E-state index contributed by atoms with van der Waals surface area (Å²) in [6.45, 7) is 7.17. The van der Waals surface area contributed by atoms with Crippen molar-refractivity contribution in [3.63, 3.8) is 0 Å². The van der Waals surface area contributed by atoms with E-state index in [1.54, 1.807) is 0 Å². The summed E-state index contributed by atoms with van der Waals surface area (Å²) < 4.78 is 15.1. The number of halogens is 1. The second-order valence-corrected chi connectivity index (χ2v) is 10.5. The Labute approximate surface area is 162 Å². The fraction of sp³-hybridized carbons (Fsp3) is 0.870. The summed E-state index contributed by atoms with van der Waals surface area (Å²) in [6, 6.07) is 0. The van der Waals surface area contributed by atoms with E-state index in [9.17, 15) is 15.0 Å². The molecule has 0 aromatic rings. The maximum Gasteiger partial charge on any atom is 0.334 e. The fourth-order valence-corrected chi connectivity index (χ4v) is 8.27. The van der Waals surface area contributed by atoms with Crippen LogP contribution < -0.4 is 0 Å². The number of rotatable bonds is 3. The van der Waals surface area contributed by atoms with Gasteiger partial charge in [-0.15, -0.1) is 0 Å². The van der Waals surface area contributed by atoms with Gasteiger partial charge in [-0.25, -0.2) is 9.18 Å². The van der Waals surface area contributed by atoms with Crippen LogP contribution in [0, 0.1) is 46.3 Å². The molecular weight excluding hydrogens is 343 g/mol. The van der Waals surface area contributed by atoms with Crippen molar-refractivity contribution < 1.29 is 19.4 Å². The van der Waals surface area contributed by atoms with E-state index >= 15 is 4.39 Å². The lowest BCUT2D eigenvalue weighted by molar-refractivity contribution is -0.134. The molecule has 0 saturated heterocycles. The van der Waals surface area contributed by atoms with Crippen LogP contribution in [0.3, 0.4) is 0 Å². The van der Waals surface area contributed by atoms with Gasteiger partial charge in [-0.3, -0.25) is 0 Å². The van der Waals surface area contributed by atoms with Gasteiger partial charge in [0.05, 0.1) is 5.57 Å². The van der Waals surface area contributed by atoms with E-state index in [-0.39, 0.29) is 29.3 Å². The predicted octanol–water partition coefficient (Wildman–Crippen LogP) is 5.19. The minimum atomic E-state index is -1.07. The molecule has 0 amide bonds. The van der Waals surface area contributed by atoms with Crippen molar-refractivity contribution in [1.82, 2.24) is 0 Å². The Morgan fingerprint density at radius 1 is 1.11 bits per heavy atom. The SMILES string of the molecule is C[C@H](CO)[C@H]1CC[C@H]2[C@@H]3CC[C@H]4C(F)=C(C(=O)O)CC[C@]4(C)[C@H]3CC[C@]12C. The van der Waals surface area contributed by atoms with Gasteiger partial charge in [-0.05, 0) is 91.8 Å². The zero-order valence-corrected chi connectivity index (χ0v) is 17.0. The molecule has 0 aliphatic heterocycles. The van der Waals surface area contributed by atoms with Crippen molar-refractivity contribution in [2.24, 2.45) is 46.3 Å². The first-order valence-corrected chi connectivity index (χ1v) is 11.0. The number of carboxylic acid groups (broad SMARTS) is 1. The minimum Gasteiger partial charge on any atom is -0.478 e. The zero-order valence-electron chi connectivity index (χ0n) is 17.0. The number of carbonyl (C=O) groups is 1. The first kappa shape index (κ1) is 19.4. The van der Waals surface area contributed by atoms with E-state index < -0.39 is 5.97 Å². The Bertz CT molecular complexity index is 658. The van der Waals surface area contributed by atoms with Crippen molar-refractivity contribution in [1.29, 1.82) is 0 Å². The number of hydrogen-bond donors (Lipinski definition) is 2. The van der Waals surface area contributed by atoms with Gasteiger partial charge in [0.25, 0.3) is 0 Å². The Morgan fingerprint density at radius 2 is 1.81 bits per heavy atom. The summed E-state index contributed by atoms with van der Waals surface area (Å²) in [5.41, 5.74) is 0.254. The predicted molar refractivity (Wildman–Crippen MR) is 103 cm³/mol. The Hall–Kier alpha value is -0.900. The molecule has 4 rings (SSSR count). The second kappa shape index (κ2) is 6.57. The summed E-state index contributed by atoms with van der Waals surface area (Å²) in [6.07, 6.45) is 7.79. The molecule has 0 radical (unpaired) electrons. The van der Waals surface area contributed by atoms with Crippen LogP contribution in [0.5, 0.6) is 0 Å². The van der Waals surface area contributed by atoms with Gasteiger partial charge in [-0.2, -0.15) is 0 Å². The number of aliphatic hydroxyl groups is 1. The molecule has 0 aromatic heterocycles. The van der Waals surface area contributed by atoms with Crippen LogP contribution in [-0.2, 0) is 4.79 Å². The van der Waals surface area contributed by atoms with Gasteiger partial charge >= 0.3 is 5.97 Å². The van der Waals surface area contributed by atoms with E-state index in [0.29, 0.717) is 41.4 Å². The quantitative estimate of drug-likeness (QED) is 0.710. The largest absolute Gasteiger partial charge is 0.478 e. The summed E-state index contributed by atoms with van der Waals surface area (Å²) >= 11 is 0. The number of aliphatic hydroxyl groups excluding tert-OH is 1. The average Bonchev–Trinajstić information content (AvgIpc) is 2.98. The lowest BCUT2D eigenvalue weighted by Crippen LogP contribution is -2.53. The van der Waals surface area contributed by atoms with Crippen LogP contribution >= 0.6 is 0 Å². The van der Waals surface area contributed by atoms with Crippen LogP contribution in [0.25, 0.3) is 0 Å². The zero-order chi connectivity index (χ0) is 19.6. The Morgan fingerprint density at radius 3 is 2.48 bits per heavy atom. The van der Waals surface area contributed by atoms with Gasteiger partial charge < -0.3 is 10.2 Å². The molecule has 4 aliphatic rings. The normalized spacial score (nSPS) is 47.8. The molecule has 0 aromatic carbocycles. The number of carboxylic acids is 1. The molecule has 3 saturated carbocycles. The molecule has 0 unspecified atom stereocenters. The number of allylic oxidation sites excluding steroid dienone is 1. The molecule has 27 heavy (non-hydrogen) atoms. The maximum atomic E-state index is 15.1. The lowest BCUT2D eigenvalue weighted by Gasteiger charge is -2.60. The first-order chi connectivity index (χ1) is 12.7. The van der Waals surface area contributed by atoms with Gasteiger partial charge in [0.2, 0.25) is 0 Å². The van der Waals surface area contributed by atoms with Crippen molar-refractivity contribution in [2.45, 2.75) is 72.1 Å². The third-order valence-corrected chi connectivity index (χ3v) is 9.68. The fourth-order valence-electron chi connectivity index (χ4n) is 8.27. The minimum absolute atomic E-state index is 0.0364. The topological polar surface area (TPSA) is 57.5 Å². The number of fused-ring (bicyclic) bond motifs is 5. The highest BCUT2D eigenvalue weighted by atomic mass is 19.1. The van der Waals surface area contributed by atoms with Crippen LogP contribution in [-0.4, -0.2) is 22.8 Å². The number of aliphatic carboxylic acids is 1. The Kier molecular flexibility index (Phi) is 4.73. The van der Waals surface area contributed by atoms with Crippen molar-refractivity contribution in [3.05, 3.63) is 11.4 Å². The van der Waals surface area contributed by atoms with E-state index in [1.807, 2.05) is 0 Å². The van der Waals surface area contributed by atoms with E-state index in [4.69, 9.17) is 0 Å². The summed E-state index contributed by atoms with van der Waals surface area (Å²) in [4.78, 5) is 11.4. The summed E-state index contributed by atoms with van der Waals surface area (Å²) in [7, 11) is 0. The standard InChI is InChI=1S/C23H35FO3/c1-13(12-25)16-6-7-17-14-4-5-19-20(24)15(21(26)27)8-10-23(19,3)18(14)9-11-22(16,17)2/h13-14,16-19,25H,4-12H2,1-3H3,(H,26,27)/t13-,14+,16-,17+,18+,19+,22-,23-/m1/s1. The molecular formula is C23H35FO3. The van der Waals surface area contributed by atoms with Crippen LogP contribution in [0.2, 0.25) is 0 Å². The average molecular weight is 379 g/mol. The highest BCUT2D eigenvalue weighted by Gasteiger charge is 2.61. The van der Waals surface area contributed by atoms with Crippen molar-refractivity contribution in [2.75, 3.05) is 6.61 Å². The molecule has 2 N–H and O–H groups in total. The number of hydrogen-bond acceptors (Lipinski definition) is 2. The van der Waals surface area contributed by atoms with Gasteiger partial charge in [-0.1, -0.05) is 20.8 Å². The summed E-state index contributed by atoms with van der Waals surface area (Å²) in [5.74, 6) is 1.21. The van der Waals surface area contributed by atoms with E-state index in [2.05, 4.69) is 20.8 Å². The molecule has 0 spiro atoms. The monoisotopic (exact) mass is 378 g/mol. The molecule has 3 nitrogen and oxygen atoms in total. The highest BCUT2D eigenvalue weighted by molar-refractivity contribution is 5.87. The highest BCUT2D eigenvalue weighted by Crippen LogP contribution is 2.68. The van der Waals surface area contributed by atoms with Gasteiger partial charge in [0.1, 0.15) is 5.83 Å². The molecule has 3 fully saturated rings. The molecule has 0 bridgehead atoms. The third kappa shape index (κ3) is 2.65.